The molecule has 144 valence electrons. The van der Waals surface area contributed by atoms with E-state index in [9.17, 15) is 9.59 Å². The lowest BCUT2D eigenvalue weighted by atomic mass is 9.88. The highest BCUT2D eigenvalue weighted by Gasteiger charge is 2.25. The largest absolute Gasteiger partial charge is 0.330 e. The van der Waals surface area contributed by atoms with E-state index in [0.717, 1.165) is 31.2 Å². The predicted octanol–water partition coefficient (Wildman–Crippen LogP) is 5.38. The van der Waals surface area contributed by atoms with Crippen molar-refractivity contribution >= 4 is 34.2 Å². The number of aryl methyl sites for hydroxylation is 1. The summed E-state index contributed by atoms with van der Waals surface area (Å²) < 4.78 is 1.89. The van der Waals surface area contributed by atoms with E-state index in [1.165, 1.54) is 6.42 Å². The monoisotopic (exact) mass is 394 g/mol. The third-order valence-electron chi connectivity index (χ3n) is 5.67. The number of anilines is 1. The van der Waals surface area contributed by atoms with Crippen LogP contribution in [0.4, 0.5) is 5.82 Å². The second-order valence-electron chi connectivity index (χ2n) is 7.43. The Balaban J connectivity index is 1.92. The van der Waals surface area contributed by atoms with E-state index in [0.29, 0.717) is 27.4 Å². The van der Waals surface area contributed by atoms with Gasteiger partial charge in [-0.3, -0.25) is 9.59 Å². The van der Waals surface area contributed by atoms with Crippen LogP contribution in [-0.2, 0) is 11.8 Å². The van der Waals surface area contributed by atoms with E-state index in [2.05, 4.69) is 5.32 Å². The van der Waals surface area contributed by atoms with Crippen LogP contribution in [-0.4, -0.2) is 10.5 Å². The average molecular weight is 395 g/mol. The fraction of sp³-hybridized carbons (Fsp3) is 0.304. The van der Waals surface area contributed by atoms with Crippen molar-refractivity contribution in [3.63, 3.8) is 0 Å². The molecule has 0 aliphatic heterocycles. The number of pyridine rings is 1. The fourth-order valence-corrected chi connectivity index (χ4v) is 4.36. The van der Waals surface area contributed by atoms with Crippen LogP contribution in [0.15, 0.2) is 53.3 Å². The second-order valence-corrected chi connectivity index (χ2v) is 7.84. The molecule has 1 saturated carbocycles. The quantitative estimate of drug-likeness (QED) is 0.648. The highest BCUT2D eigenvalue weighted by atomic mass is 35.5. The Bertz CT molecular complexity index is 1100. The van der Waals surface area contributed by atoms with E-state index >= 15 is 0 Å². The highest BCUT2D eigenvalue weighted by Crippen LogP contribution is 2.34. The van der Waals surface area contributed by atoms with E-state index < -0.39 is 0 Å². The molecular weight excluding hydrogens is 372 g/mol. The third kappa shape index (κ3) is 3.33. The number of nitrogens with zero attached hydrogens (tertiary/aromatic N) is 1. The number of para-hydroxylation sites is 1. The molecule has 1 fully saturated rings. The standard InChI is InChI=1S/C23H23ClN2O2/c1-26-19-14-8-6-12-17(19)21(27)20(16-11-5-7-13-18(16)24)22(26)25-23(28)15-9-3-2-4-10-15/h5-8,11-15H,2-4,9-10H2,1H3,(H,25,28). The Hall–Kier alpha value is -2.59. The number of hydrogen-bond acceptors (Lipinski definition) is 2. The van der Waals surface area contributed by atoms with E-state index in [4.69, 9.17) is 11.6 Å². The molecule has 4 nitrogen and oxygen atoms in total. The molecule has 0 spiro atoms. The van der Waals surface area contributed by atoms with Gasteiger partial charge in [-0.15, -0.1) is 0 Å². The molecule has 1 heterocycles. The maximum atomic E-state index is 13.4. The smallest absolute Gasteiger partial charge is 0.228 e. The number of nitrogens with one attached hydrogen (secondary N) is 1. The normalized spacial score (nSPS) is 14.9. The number of amides is 1. The molecule has 0 atom stereocenters. The fourth-order valence-electron chi connectivity index (χ4n) is 4.13. The molecular formula is C23H23ClN2O2. The van der Waals surface area contributed by atoms with Crippen molar-refractivity contribution in [1.29, 1.82) is 0 Å². The van der Waals surface area contributed by atoms with Crippen molar-refractivity contribution in [1.82, 2.24) is 4.57 Å². The molecule has 28 heavy (non-hydrogen) atoms. The maximum Gasteiger partial charge on any atom is 0.228 e. The van der Waals surface area contributed by atoms with Gasteiger partial charge in [-0.05, 0) is 31.0 Å². The summed E-state index contributed by atoms with van der Waals surface area (Å²) in [4.78, 5) is 26.4. The topological polar surface area (TPSA) is 51.1 Å². The molecule has 2 aromatic carbocycles. The number of rotatable bonds is 3. The van der Waals surface area contributed by atoms with Crippen LogP contribution in [0.5, 0.6) is 0 Å². The summed E-state index contributed by atoms with van der Waals surface area (Å²) in [6.07, 6.45) is 5.13. The lowest BCUT2D eigenvalue weighted by molar-refractivity contribution is -0.120. The third-order valence-corrected chi connectivity index (χ3v) is 6.00. The zero-order chi connectivity index (χ0) is 19.7. The summed E-state index contributed by atoms with van der Waals surface area (Å²) >= 11 is 6.43. The molecule has 1 N–H and O–H groups in total. The number of aromatic nitrogens is 1. The highest BCUT2D eigenvalue weighted by molar-refractivity contribution is 6.33. The van der Waals surface area contributed by atoms with Crippen LogP contribution in [0, 0.1) is 5.92 Å². The van der Waals surface area contributed by atoms with Gasteiger partial charge in [-0.25, -0.2) is 0 Å². The first-order valence-corrected chi connectivity index (χ1v) is 10.1. The Kier molecular flexibility index (Phi) is 5.23. The summed E-state index contributed by atoms with van der Waals surface area (Å²) in [6, 6.07) is 14.7. The molecule has 1 amide bonds. The number of carbonyl (C=O) groups is 1. The first kappa shape index (κ1) is 18.8. The zero-order valence-electron chi connectivity index (χ0n) is 15.9. The van der Waals surface area contributed by atoms with Gasteiger partial charge in [0, 0.05) is 28.9 Å². The van der Waals surface area contributed by atoms with Crippen molar-refractivity contribution in [3.8, 4) is 11.1 Å². The van der Waals surface area contributed by atoms with Crippen molar-refractivity contribution in [2.45, 2.75) is 32.1 Å². The van der Waals surface area contributed by atoms with E-state index in [1.807, 2.05) is 54.1 Å². The Labute approximate surface area is 169 Å². The molecule has 0 radical (unpaired) electrons. The molecule has 1 aromatic heterocycles. The van der Waals surface area contributed by atoms with Crippen molar-refractivity contribution in [3.05, 3.63) is 63.8 Å². The number of benzene rings is 2. The lowest BCUT2D eigenvalue weighted by Gasteiger charge is -2.23. The minimum absolute atomic E-state index is 0.00517. The SMILES string of the molecule is Cn1c(NC(=O)C2CCCCC2)c(-c2ccccc2Cl)c(=O)c2ccccc21. The van der Waals surface area contributed by atoms with Crippen molar-refractivity contribution in [2.75, 3.05) is 5.32 Å². The second kappa shape index (κ2) is 7.80. The van der Waals surface area contributed by atoms with Gasteiger partial charge < -0.3 is 9.88 Å². The van der Waals surface area contributed by atoms with Gasteiger partial charge >= 0.3 is 0 Å². The summed E-state index contributed by atoms with van der Waals surface area (Å²) in [5.41, 5.74) is 1.73. The minimum atomic E-state index is -0.124. The molecule has 5 heteroatoms. The van der Waals surface area contributed by atoms with Crippen LogP contribution in [0.2, 0.25) is 5.02 Å². The summed E-state index contributed by atoms with van der Waals surface area (Å²) in [7, 11) is 1.87. The Morgan fingerprint density at radius 1 is 1.04 bits per heavy atom. The van der Waals surface area contributed by atoms with E-state index in [1.54, 1.807) is 6.07 Å². The van der Waals surface area contributed by atoms with Gasteiger partial charge in [-0.2, -0.15) is 0 Å². The van der Waals surface area contributed by atoms with Gasteiger partial charge in [0.2, 0.25) is 5.91 Å². The number of fused-ring (bicyclic) bond motifs is 1. The average Bonchev–Trinajstić information content (AvgIpc) is 2.73. The minimum Gasteiger partial charge on any atom is -0.330 e. The molecule has 0 unspecified atom stereocenters. The van der Waals surface area contributed by atoms with Gasteiger partial charge in [0.05, 0.1) is 11.1 Å². The lowest BCUT2D eigenvalue weighted by Crippen LogP contribution is -2.28. The number of carbonyl (C=O) groups excluding carboxylic acids is 1. The number of halogens is 1. The zero-order valence-corrected chi connectivity index (χ0v) is 16.6. The van der Waals surface area contributed by atoms with Crippen LogP contribution < -0.4 is 10.7 Å². The van der Waals surface area contributed by atoms with Crippen LogP contribution in [0.3, 0.4) is 0 Å². The Morgan fingerprint density at radius 2 is 1.71 bits per heavy atom. The maximum absolute atomic E-state index is 13.4. The van der Waals surface area contributed by atoms with Gasteiger partial charge in [0.1, 0.15) is 5.82 Å². The summed E-state index contributed by atoms with van der Waals surface area (Å²) in [5.74, 6) is 0.486. The molecule has 1 aliphatic carbocycles. The van der Waals surface area contributed by atoms with Crippen LogP contribution >= 0.6 is 11.6 Å². The Morgan fingerprint density at radius 3 is 2.46 bits per heavy atom. The molecule has 1 aliphatic rings. The van der Waals surface area contributed by atoms with Gasteiger partial charge in [0.25, 0.3) is 0 Å². The summed E-state index contributed by atoms with van der Waals surface area (Å²) in [5, 5.41) is 4.17. The number of hydrogen-bond donors (Lipinski definition) is 1. The molecule has 0 saturated heterocycles. The predicted molar refractivity (Wildman–Crippen MR) is 115 cm³/mol. The first-order valence-electron chi connectivity index (χ1n) is 9.75. The van der Waals surface area contributed by atoms with Gasteiger partial charge in [0.15, 0.2) is 5.43 Å². The van der Waals surface area contributed by atoms with Gasteiger partial charge in [-0.1, -0.05) is 61.2 Å². The molecule has 3 aromatic rings. The van der Waals surface area contributed by atoms with Crippen LogP contribution in [0.1, 0.15) is 32.1 Å². The summed E-state index contributed by atoms with van der Waals surface area (Å²) in [6.45, 7) is 0. The van der Waals surface area contributed by atoms with Crippen molar-refractivity contribution < 1.29 is 4.79 Å². The van der Waals surface area contributed by atoms with Crippen molar-refractivity contribution in [2.24, 2.45) is 13.0 Å². The molecule has 0 bridgehead atoms. The van der Waals surface area contributed by atoms with Crippen LogP contribution in [0.25, 0.3) is 22.0 Å². The van der Waals surface area contributed by atoms with E-state index in [-0.39, 0.29) is 17.3 Å². The molecule has 4 rings (SSSR count). The first-order chi connectivity index (χ1) is 13.6.